The maximum atomic E-state index is 11.7. The van der Waals surface area contributed by atoms with Crippen LogP contribution >= 0.6 is 0 Å². The van der Waals surface area contributed by atoms with Gasteiger partial charge < -0.3 is 5.21 Å². The lowest BCUT2D eigenvalue weighted by Gasteiger charge is -2.06. The maximum absolute atomic E-state index is 11.7. The third kappa shape index (κ3) is 1.15. The van der Waals surface area contributed by atoms with Crippen LogP contribution in [-0.4, -0.2) is 0 Å². The molecule has 0 N–H and O–H groups in total. The summed E-state index contributed by atoms with van der Waals surface area (Å²) in [6, 6.07) is 9.66. The summed E-state index contributed by atoms with van der Waals surface area (Å²) >= 11 is 0. The van der Waals surface area contributed by atoms with Gasteiger partial charge in [-0.1, -0.05) is 12.1 Å². The number of hydrogen-bond acceptors (Lipinski definition) is 1. The highest BCUT2D eigenvalue weighted by Crippen LogP contribution is 2.13. The van der Waals surface area contributed by atoms with Crippen molar-refractivity contribution in [3.8, 4) is 0 Å². The van der Waals surface area contributed by atoms with Crippen molar-refractivity contribution in [2.75, 3.05) is 0 Å². The van der Waals surface area contributed by atoms with Gasteiger partial charge in [0.05, 0.1) is 0 Å². The molecule has 2 aromatic rings. The van der Waals surface area contributed by atoms with Crippen LogP contribution in [0.4, 0.5) is 0 Å². The van der Waals surface area contributed by atoms with E-state index in [9.17, 15) is 5.21 Å². The molecule has 2 heteroatoms. The summed E-state index contributed by atoms with van der Waals surface area (Å²) in [5, 5.41) is 12.7. The molecule has 2 rings (SSSR count). The van der Waals surface area contributed by atoms with Gasteiger partial charge in [-0.3, -0.25) is 0 Å². The second-order valence-electron chi connectivity index (χ2n) is 3.27. The van der Waals surface area contributed by atoms with Gasteiger partial charge in [-0.25, -0.2) is 0 Å². The summed E-state index contributed by atoms with van der Waals surface area (Å²) in [6.45, 7) is 3.80. The molecule has 0 spiro atoms. The highest BCUT2D eigenvalue weighted by Gasteiger charge is 2.08. The van der Waals surface area contributed by atoms with Crippen LogP contribution in [0.1, 0.15) is 11.3 Å². The van der Waals surface area contributed by atoms with Gasteiger partial charge in [0.25, 0.3) is 0 Å². The Hall–Kier alpha value is -1.57. The fourth-order valence-corrected chi connectivity index (χ4v) is 1.47. The predicted octanol–water partition coefficient (Wildman–Crippen LogP) is 2.09. The van der Waals surface area contributed by atoms with Crippen molar-refractivity contribution >= 4 is 10.9 Å². The zero-order valence-electron chi connectivity index (χ0n) is 7.74. The zero-order chi connectivity index (χ0) is 9.42. The molecule has 0 amide bonds. The monoisotopic (exact) mass is 173 g/mol. The molecule has 1 aromatic heterocycles. The van der Waals surface area contributed by atoms with Crippen molar-refractivity contribution in [1.82, 2.24) is 0 Å². The van der Waals surface area contributed by atoms with Crippen LogP contribution in [0.2, 0.25) is 0 Å². The quantitative estimate of drug-likeness (QED) is 0.442. The molecule has 0 unspecified atom stereocenters. The summed E-state index contributed by atoms with van der Waals surface area (Å²) < 4.78 is 0.991. The van der Waals surface area contributed by atoms with Crippen LogP contribution in [0, 0.1) is 19.1 Å². The standard InChI is InChI=1S/C11H11NO/c1-8-7-10-5-3-4-6-11(10)12(13)9(8)2/h3-7H,1-2H3. The lowest BCUT2D eigenvalue weighted by Crippen LogP contribution is -2.31. The van der Waals surface area contributed by atoms with Crippen molar-refractivity contribution < 1.29 is 4.73 Å². The molecule has 0 aliphatic carbocycles. The average molecular weight is 173 g/mol. The van der Waals surface area contributed by atoms with Crippen molar-refractivity contribution in [1.29, 1.82) is 0 Å². The van der Waals surface area contributed by atoms with E-state index in [1.54, 1.807) is 0 Å². The molecule has 66 valence electrons. The first kappa shape index (κ1) is 8.05. The van der Waals surface area contributed by atoms with Crippen LogP contribution in [0.15, 0.2) is 30.3 Å². The molecule has 0 atom stereocenters. The summed E-state index contributed by atoms with van der Waals surface area (Å²) in [6.07, 6.45) is 0. The molecule has 0 fully saturated rings. The van der Waals surface area contributed by atoms with Gasteiger partial charge >= 0.3 is 0 Å². The van der Waals surface area contributed by atoms with E-state index in [4.69, 9.17) is 0 Å². The third-order valence-electron chi connectivity index (χ3n) is 2.40. The Morgan fingerprint density at radius 1 is 1.15 bits per heavy atom. The van der Waals surface area contributed by atoms with E-state index in [0.717, 1.165) is 26.9 Å². The number of fused-ring (bicyclic) bond motifs is 1. The van der Waals surface area contributed by atoms with E-state index < -0.39 is 0 Å². The van der Waals surface area contributed by atoms with E-state index >= 15 is 0 Å². The van der Waals surface area contributed by atoms with Crippen LogP contribution in [-0.2, 0) is 0 Å². The fourth-order valence-electron chi connectivity index (χ4n) is 1.47. The number of benzene rings is 1. The van der Waals surface area contributed by atoms with E-state index in [0.29, 0.717) is 0 Å². The Balaban J connectivity index is 2.94. The van der Waals surface area contributed by atoms with Crippen LogP contribution < -0.4 is 4.73 Å². The molecule has 13 heavy (non-hydrogen) atoms. The minimum Gasteiger partial charge on any atom is -0.618 e. The fraction of sp³-hybridized carbons (Fsp3) is 0.182. The minimum atomic E-state index is 0.741. The maximum Gasteiger partial charge on any atom is 0.223 e. The number of aromatic nitrogens is 1. The molecule has 0 saturated heterocycles. The largest absolute Gasteiger partial charge is 0.618 e. The van der Waals surface area contributed by atoms with E-state index in [1.165, 1.54) is 0 Å². The van der Waals surface area contributed by atoms with Gasteiger partial charge in [0, 0.05) is 23.9 Å². The zero-order valence-corrected chi connectivity index (χ0v) is 7.74. The highest BCUT2D eigenvalue weighted by molar-refractivity contribution is 5.76. The van der Waals surface area contributed by atoms with Gasteiger partial charge in [0.2, 0.25) is 5.52 Å². The van der Waals surface area contributed by atoms with Crippen molar-refractivity contribution in [3.05, 3.63) is 46.8 Å². The van der Waals surface area contributed by atoms with Gasteiger partial charge in [0.1, 0.15) is 0 Å². The smallest absolute Gasteiger partial charge is 0.223 e. The van der Waals surface area contributed by atoms with Gasteiger partial charge in [0.15, 0.2) is 5.69 Å². The molecule has 0 bridgehead atoms. The summed E-state index contributed by atoms with van der Waals surface area (Å²) in [5.74, 6) is 0. The number of aryl methyl sites for hydroxylation is 1. The third-order valence-corrected chi connectivity index (χ3v) is 2.40. The van der Waals surface area contributed by atoms with Crippen LogP contribution in [0.3, 0.4) is 0 Å². The molecule has 0 aliphatic rings. The minimum absolute atomic E-state index is 0.741. The molecule has 0 saturated carbocycles. The Bertz CT molecular complexity index is 463. The lowest BCUT2D eigenvalue weighted by molar-refractivity contribution is -0.584. The van der Waals surface area contributed by atoms with Crippen molar-refractivity contribution in [2.45, 2.75) is 13.8 Å². The van der Waals surface area contributed by atoms with E-state index in [-0.39, 0.29) is 0 Å². The SMILES string of the molecule is Cc1cc2ccccc2[n+]([O-])c1C. The number of para-hydroxylation sites is 1. The first-order chi connectivity index (χ1) is 6.20. The van der Waals surface area contributed by atoms with Gasteiger partial charge in [-0.2, -0.15) is 4.73 Å². The van der Waals surface area contributed by atoms with Crippen LogP contribution in [0.25, 0.3) is 10.9 Å². The molecule has 0 aliphatic heterocycles. The normalized spacial score (nSPS) is 10.6. The lowest BCUT2D eigenvalue weighted by atomic mass is 10.1. The highest BCUT2D eigenvalue weighted by atomic mass is 16.5. The van der Waals surface area contributed by atoms with Crippen molar-refractivity contribution in [2.24, 2.45) is 0 Å². The first-order valence-electron chi connectivity index (χ1n) is 4.28. The van der Waals surface area contributed by atoms with E-state index in [1.807, 2.05) is 44.2 Å². The average Bonchev–Trinajstić information content (AvgIpc) is 2.15. The first-order valence-corrected chi connectivity index (χ1v) is 4.28. The van der Waals surface area contributed by atoms with Gasteiger partial charge in [-0.05, 0) is 19.1 Å². The Labute approximate surface area is 77.0 Å². The summed E-state index contributed by atoms with van der Waals surface area (Å²) in [7, 11) is 0. The van der Waals surface area contributed by atoms with Gasteiger partial charge in [-0.15, -0.1) is 0 Å². The van der Waals surface area contributed by atoms with Crippen LogP contribution in [0.5, 0.6) is 0 Å². The second kappa shape index (κ2) is 2.73. The Kier molecular flexibility index (Phi) is 1.69. The molecular weight excluding hydrogens is 162 g/mol. The number of rotatable bonds is 0. The predicted molar refractivity (Wildman–Crippen MR) is 52.4 cm³/mol. The van der Waals surface area contributed by atoms with E-state index in [2.05, 4.69) is 0 Å². The number of hydrogen-bond donors (Lipinski definition) is 0. The molecule has 1 heterocycles. The summed E-state index contributed by atoms with van der Waals surface area (Å²) in [4.78, 5) is 0. The Morgan fingerprint density at radius 2 is 1.85 bits per heavy atom. The number of pyridine rings is 1. The molecule has 2 nitrogen and oxygen atoms in total. The topological polar surface area (TPSA) is 26.9 Å². The molecule has 0 radical (unpaired) electrons. The second-order valence-corrected chi connectivity index (χ2v) is 3.27. The Morgan fingerprint density at radius 3 is 2.62 bits per heavy atom. The number of nitrogens with zero attached hydrogens (tertiary/aromatic N) is 1. The van der Waals surface area contributed by atoms with Crippen molar-refractivity contribution in [3.63, 3.8) is 0 Å². The summed E-state index contributed by atoms with van der Waals surface area (Å²) in [5.41, 5.74) is 2.55. The molecular formula is C11H11NO. The molecule has 1 aromatic carbocycles.